The van der Waals surface area contributed by atoms with Crippen LogP contribution in [0.1, 0.15) is 22.4 Å². The summed E-state index contributed by atoms with van der Waals surface area (Å²) in [5.74, 6) is 0. The van der Waals surface area contributed by atoms with Crippen LogP contribution in [0.25, 0.3) is 0 Å². The van der Waals surface area contributed by atoms with Gasteiger partial charge in [-0.15, -0.1) is 11.3 Å². The monoisotopic (exact) mass is 308 g/mol. The van der Waals surface area contributed by atoms with E-state index in [0.29, 0.717) is 0 Å². The molecule has 88 valence electrons. The maximum absolute atomic E-state index is 10.8. The number of fused-ring (bicyclic) bond motifs is 1. The normalized spacial score (nSPS) is 23.4. The van der Waals surface area contributed by atoms with Crippen molar-refractivity contribution < 1.29 is 5.11 Å². The van der Waals surface area contributed by atoms with Crippen molar-refractivity contribution in [3.8, 4) is 0 Å². The number of aryl methyl sites for hydroxylation is 1. The molecule has 1 aromatic heterocycles. The van der Waals surface area contributed by atoms with Gasteiger partial charge in [0.1, 0.15) is 5.60 Å². The van der Waals surface area contributed by atoms with Crippen LogP contribution in [-0.4, -0.2) is 5.11 Å². The third-order valence-corrected chi connectivity index (χ3v) is 5.48. The van der Waals surface area contributed by atoms with Gasteiger partial charge < -0.3 is 5.11 Å². The molecule has 1 nitrogen and oxygen atoms in total. The molecule has 0 fully saturated rings. The van der Waals surface area contributed by atoms with Gasteiger partial charge in [0, 0.05) is 10.9 Å². The fraction of sp³-hybridized carbons (Fsp3) is 0.286. The molecule has 0 saturated heterocycles. The maximum atomic E-state index is 10.8. The van der Waals surface area contributed by atoms with Crippen LogP contribution in [-0.2, 0) is 18.4 Å². The van der Waals surface area contributed by atoms with Crippen molar-refractivity contribution in [3.63, 3.8) is 0 Å². The van der Waals surface area contributed by atoms with E-state index in [9.17, 15) is 5.11 Å². The van der Waals surface area contributed by atoms with Gasteiger partial charge in [0.2, 0.25) is 0 Å². The summed E-state index contributed by atoms with van der Waals surface area (Å²) in [6.45, 7) is 0. The molecule has 1 aliphatic rings. The lowest BCUT2D eigenvalue weighted by Crippen LogP contribution is -2.32. The fourth-order valence-corrected chi connectivity index (χ4v) is 4.41. The van der Waals surface area contributed by atoms with E-state index in [1.54, 1.807) is 11.3 Å². The molecule has 1 N–H and O–H groups in total. The van der Waals surface area contributed by atoms with Crippen LogP contribution in [0.15, 0.2) is 40.2 Å². The van der Waals surface area contributed by atoms with E-state index in [-0.39, 0.29) is 0 Å². The Morgan fingerprint density at radius 2 is 1.94 bits per heavy atom. The van der Waals surface area contributed by atoms with E-state index in [0.717, 1.165) is 28.6 Å². The van der Waals surface area contributed by atoms with Crippen molar-refractivity contribution in [1.29, 1.82) is 0 Å². The van der Waals surface area contributed by atoms with Crippen LogP contribution in [0, 0.1) is 0 Å². The van der Waals surface area contributed by atoms with Crippen molar-refractivity contribution in [1.82, 2.24) is 0 Å². The van der Waals surface area contributed by atoms with Gasteiger partial charge in [-0.1, -0.05) is 24.3 Å². The Labute approximate surface area is 113 Å². The van der Waals surface area contributed by atoms with Crippen molar-refractivity contribution in [2.24, 2.45) is 0 Å². The molecule has 1 heterocycles. The average Bonchev–Trinajstić information content (AvgIpc) is 2.76. The van der Waals surface area contributed by atoms with E-state index in [1.165, 1.54) is 11.1 Å². The zero-order valence-corrected chi connectivity index (χ0v) is 11.7. The van der Waals surface area contributed by atoms with Crippen LogP contribution in [0.5, 0.6) is 0 Å². The van der Waals surface area contributed by atoms with Crippen LogP contribution in [0.3, 0.4) is 0 Å². The molecule has 0 aliphatic heterocycles. The molecule has 0 saturated carbocycles. The number of hydrogen-bond donors (Lipinski definition) is 1. The highest BCUT2D eigenvalue weighted by atomic mass is 79.9. The molecule has 17 heavy (non-hydrogen) atoms. The molecular formula is C14H13BrOS. The minimum absolute atomic E-state index is 0.693. The van der Waals surface area contributed by atoms with Gasteiger partial charge in [-0.2, -0.15) is 0 Å². The fourth-order valence-electron chi connectivity index (χ4n) is 2.54. The topological polar surface area (TPSA) is 20.2 Å². The van der Waals surface area contributed by atoms with E-state index >= 15 is 0 Å². The quantitative estimate of drug-likeness (QED) is 0.847. The number of hydrogen-bond acceptors (Lipinski definition) is 2. The molecule has 1 aliphatic carbocycles. The lowest BCUT2D eigenvalue weighted by Gasteiger charge is -2.33. The Hall–Kier alpha value is -0.640. The second-order valence-electron chi connectivity index (χ2n) is 4.57. The lowest BCUT2D eigenvalue weighted by molar-refractivity contribution is 0.0253. The molecule has 3 heteroatoms. The molecule has 1 unspecified atom stereocenters. The van der Waals surface area contributed by atoms with E-state index in [2.05, 4.69) is 34.1 Å². The van der Waals surface area contributed by atoms with Gasteiger partial charge in [0.15, 0.2) is 0 Å². The highest BCUT2D eigenvalue weighted by molar-refractivity contribution is 9.10. The SMILES string of the molecule is OC1(c2sccc2Br)CCc2ccccc2C1. The third-order valence-electron chi connectivity index (χ3n) is 3.45. The summed E-state index contributed by atoms with van der Waals surface area (Å²) >= 11 is 5.16. The molecule has 2 aromatic rings. The predicted molar refractivity (Wildman–Crippen MR) is 74.4 cm³/mol. The Bertz CT molecular complexity index is 549. The predicted octanol–water partition coefficient (Wildman–Crippen LogP) is 3.89. The number of benzene rings is 1. The zero-order valence-electron chi connectivity index (χ0n) is 9.32. The Morgan fingerprint density at radius 1 is 1.18 bits per heavy atom. The minimum atomic E-state index is -0.693. The molecule has 0 amide bonds. The van der Waals surface area contributed by atoms with Gasteiger partial charge in [0.25, 0.3) is 0 Å². The Morgan fingerprint density at radius 3 is 2.65 bits per heavy atom. The summed E-state index contributed by atoms with van der Waals surface area (Å²) < 4.78 is 1.03. The van der Waals surface area contributed by atoms with Crippen LogP contribution in [0.2, 0.25) is 0 Å². The first-order chi connectivity index (χ1) is 8.19. The van der Waals surface area contributed by atoms with Crippen LogP contribution in [0.4, 0.5) is 0 Å². The summed E-state index contributed by atoms with van der Waals surface area (Å²) in [4.78, 5) is 1.06. The van der Waals surface area contributed by atoms with Crippen molar-refractivity contribution >= 4 is 27.3 Å². The third kappa shape index (κ3) is 1.96. The summed E-state index contributed by atoms with van der Waals surface area (Å²) in [6.07, 6.45) is 2.49. The summed E-state index contributed by atoms with van der Waals surface area (Å²) in [6, 6.07) is 10.4. The van der Waals surface area contributed by atoms with E-state index < -0.39 is 5.60 Å². The summed E-state index contributed by atoms with van der Waals surface area (Å²) in [5.41, 5.74) is 1.97. The van der Waals surface area contributed by atoms with Gasteiger partial charge in [0.05, 0.1) is 4.88 Å². The largest absolute Gasteiger partial charge is 0.384 e. The van der Waals surface area contributed by atoms with E-state index in [4.69, 9.17) is 0 Å². The first-order valence-electron chi connectivity index (χ1n) is 5.72. The van der Waals surface area contributed by atoms with Gasteiger partial charge in [-0.05, 0) is 51.3 Å². The molecule has 0 spiro atoms. The summed E-state index contributed by atoms with van der Waals surface area (Å²) in [7, 11) is 0. The molecule has 0 bridgehead atoms. The number of thiophene rings is 1. The van der Waals surface area contributed by atoms with Crippen molar-refractivity contribution in [2.45, 2.75) is 24.9 Å². The van der Waals surface area contributed by atoms with Crippen molar-refractivity contribution in [2.75, 3.05) is 0 Å². The second-order valence-corrected chi connectivity index (χ2v) is 6.35. The molecule has 0 radical (unpaired) electrons. The minimum Gasteiger partial charge on any atom is -0.384 e. The van der Waals surface area contributed by atoms with Gasteiger partial charge in [-0.3, -0.25) is 0 Å². The highest BCUT2D eigenvalue weighted by Crippen LogP contribution is 2.41. The van der Waals surface area contributed by atoms with Gasteiger partial charge in [-0.25, -0.2) is 0 Å². The van der Waals surface area contributed by atoms with Crippen molar-refractivity contribution in [3.05, 3.63) is 56.2 Å². The zero-order chi connectivity index (χ0) is 11.9. The molecular weight excluding hydrogens is 296 g/mol. The highest BCUT2D eigenvalue weighted by Gasteiger charge is 2.36. The smallest absolute Gasteiger partial charge is 0.104 e. The number of rotatable bonds is 1. The standard InChI is InChI=1S/C14H13BrOS/c15-12-6-8-17-13(12)14(16)7-5-10-3-1-2-4-11(10)9-14/h1-4,6,8,16H,5,7,9H2. The van der Waals surface area contributed by atoms with Crippen LogP contribution >= 0.6 is 27.3 Å². The average molecular weight is 309 g/mol. The summed E-state index contributed by atoms with van der Waals surface area (Å²) in [5, 5.41) is 12.9. The Balaban J connectivity index is 2.01. The van der Waals surface area contributed by atoms with Crippen LogP contribution < -0.4 is 0 Å². The first kappa shape index (κ1) is 11.5. The van der Waals surface area contributed by atoms with E-state index in [1.807, 2.05) is 17.5 Å². The van der Waals surface area contributed by atoms with Gasteiger partial charge >= 0.3 is 0 Å². The maximum Gasteiger partial charge on any atom is 0.104 e. The second kappa shape index (κ2) is 4.23. The number of halogens is 1. The molecule has 1 aromatic carbocycles. The first-order valence-corrected chi connectivity index (χ1v) is 7.39. The molecule has 3 rings (SSSR count). The number of aliphatic hydroxyl groups is 1. The lowest BCUT2D eigenvalue weighted by atomic mass is 9.80. The Kier molecular flexibility index (Phi) is 2.85. The molecule has 1 atom stereocenters.